The maximum Gasteiger partial charge on any atom is 0.417 e. The molecule has 0 spiro atoms. The molecule has 1 aromatic rings. The number of aliphatic hydroxyl groups excluding tert-OH is 1. The van der Waals surface area contributed by atoms with Crippen LogP contribution in [0.15, 0.2) is 18.2 Å². The smallest absolute Gasteiger partial charge is 0.396 e. The molecule has 21 heavy (non-hydrogen) atoms. The fourth-order valence-electron chi connectivity index (χ4n) is 2.80. The van der Waals surface area contributed by atoms with Crippen LogP contribution < -0.4 is 5.32 Å². The van der Waals surface area contributed by atoms with E-state index in [0.29, 0.717) is 5.69 Å². The number of hydrogen-bond donors (Lipinski definition) is 2. The molecule has 0 aromatic heterocycles. The van der Waals surface area contributed by atoms with Gasteiger partial charge in [-0.2, -0.15) is 18.4 Å². The largest absolute Gasteiger partial charge is 0.417 e. The quantitative estimate of drug-likeness (QED) is 0.897. The Balaban J connectivity index is 2.23. The summed E-state index contributed by atoms with van der Waals surface area (Å²) < 4.78 is 38.8. The first-order chi connectivity index (χ1) is 9.95. The minimum absolute atomic E-state index is 0.0279. The highest BCUT2D eigenvalue weighted by atomic mass is 19.4. The fraction of sp³-hybridized carbons (Fsp3) is 0.533. The lowest BCUT2D eigenvalue weighted by Gasteiger charge is -2.31. The van der Waals surface area contributed by atoms with Gasteiger partial charge in [-0.3, -0.25) is 0 Å². The van der Waals surface area contributed by atoms with Crippen LogP contribution >= 0.6 is 0 Å². The van der Waals surface area contributed by atoms with E-state index in [1.807, 2.05) is 0 Å². The molecule has 2 unspecified atom stereocenters. The highest BCUT2D eigenvalue weighted by molar-refractivity contribution is 5.53. The molecular formula is C15H17F3N2O. The van der Waals surface area contributed by atoms with Crippen LogP contribution in [0.3, 0.4) is 0 Å². The average Bonchev–Trinajstić information content (AvgIpc) is 2.47. The van der Waals surface area contributed by atoms with Crippen molar-refractivity contribution in [3.05, 3.63) is 29.3 Å². The second-order valence-corrected chi connectivity index (χ2v) is 5.35. The molecule has 2 atom stereocenters. The van der Waals surface area contributed by atoms with E-state index >= 15 is 0 Å². The average molecular weight is 298 g/mol. The summed E-state index contributed by atoms with van der Waals surface area (Å²) in [4.78, 5) is 0. The number of nitrogens with one attached hydrogen (secondary N) is 1. The first-order valence-electron chi connectivity index (χ1n) is 6.94. The van der Waals surface area contributed by atoms with Crippen LogP contribution in [0.5, 0.6) is 0 Å². The number of hydrogen-bond acceptors (Lipinski definition) is 3. The van der Waals surface area contributed by atoms with Gasteiger partial charge in [0.2, 0.25) is 0 Å². The summed E-state index contributed by atoms with van der Waals surface area (Å²) >= 11 is 0. The van der Waals surface area contributed by atoms with Gasteiger partial charge >= 0.3 is 6.18 Å². The van der Waals surface area contributed by atoms with Crippen molar-refractivity contribution >= 4 is 5.69 Å². The Kier molecular flexibility index (Phi) is 4.73. The van der Waals surface area contributed by atoms with E-state index < -0.39 is 11.7 Å². The van der Waals surface area contributed by atoms with Gasteiger partial charge in [0, 0.05) is 24.3 Å². The molecule has 3 nitrogen and oxygen atoms in total. The third-order valence-electron chi connectivity index (χ3n) is 3.94. The van der Waals surface area contributed by atoms with Crippen LogP contribution in [0.25, 0.3) is 0 Å². The maximum atomic E-state index is 12.9. The Hall–Kier alpha value is -1.74. The Labute approximate surface area is 121 Å². The summed E-state index contributed by atoms with van der Waals surface area (Å²) in [6.07, 6.45) is -0.823. The third kappa shape index (κ3) is 3.67. The number of halogens is 3. The van der Waals surface area contributed by atoms with E-state index in [-0.39, 0.29) is 24.1 Å². The van der Waals surface area contributed by atoms with Crippen LogP contribution in [0, 0.1) is 17.2 Å². The van der Waals surface area contributed by atoms with Gasteiger partial charge in [0.05, 0.1) is 17.2 Å². The molecule has 0 saturated heterocycles. The molecular weight excluding hydrogens is 281 g/mol. The molecule has 1 aromatic carbocycles. The molecule has 1 aliphatic rings. The number of rotatable bonds is 3. The summed E-state index contributed by atoms with van der Waals surface area (Å²) in [5, 5.41) is 21.2. The van der Waals surface area contributed by atoms with E-state index in [0.717, 1.165) is 31.7 Å². The van der Waals surface area contributed by atoms with Crippen molar-refractivity contribution in [1.29, 1.82) is 5.26 Å². The van der Waals surface area contributed by atoms with Crippen molar-refractivity contribution in [3.63, 3.8) is 0 Å². The number of alkyl halides is 3. The van der Waals surface area contributed by atoms with Gasteiger partial charge in [0.1, 0.15) is 0 Å². The minimum Gasteiger partial charge on any atom is -0.396 e. The lowest BCUT2D eigenvalue weighted by atomic mass is 9.85. The normalized spacial score (nSPS) is 22.6. The first-order valence-corrected chi connectivity index (χ1v) is 6.94. The van der Waals surface area contributed by atoms with Gasteiger partial charge < -0.3 is 10.4 Å². The molecule has 1 aliphatic carbocycles. The lowest BCUT2D eigenvalue weighted by Crippen LogP contribution is -2.34. The van der Waals surface area contributed by atoms with E-state index in [1.54, 1.807) is 6.07 Å². The summed E-state index contributed by atoms with van der Waals surface area (Å²) in [5.41, 5.74) is -0.964. The van der Waals surface area contributed by atoms with Gasteiger partial charge in [-0.15, -0.1) is 0 Å². The monoisotopic (exact) mass is 298 g/mol. The number of nitrogens with zero attached hydrogens (tertiary/aromatic N) is 1. The fourth-order valence-corrected chi connectivity index (χ4v) is 2.80. The van der Waals surface area contributed by atoms with Crippen molar-refractivity contribution in [3.8, 4) is 6.07 Å². The van der Waals surface area contributed by atoms with E-state index in [2.05, 4.69) is 5.32 Å². The number of benzene rings is 1. The van der Waals surface area contributed by atoms with Gasteiger partial charge in [-0.05, 0) is 31.0 Å². The van der Waals surface area contributed by atoms with Crippen molar-refractivity contribution in [1.82, 2.24) is 0 Å². The van der Waals surface area contributed by atoms with Crippen LogP contribution in [-0.4, -0.2) is 17.8 Å². The number of anilines is 1. The van der Waals surface area contributed by atoms with E-state index in [9.17, 15) is 18.3 Å². The number of aliphatic hydroxyl groups is 1. The molecule has 114 valence electrons. The Morgan fingerprint density at radius 2 is 2.00 bits per heavy atom. The van der Waals surface area contributed by atoms with E-state index in [1.165, 1.54) is 12.1 Å². The van der Waals surface area contributed by atoms with Crippen molar-refractivity contribution in [2.75, 3.05) is 11.9 Å². The molecule has 6 heteroatoms. The van der Waals surface area contributed by atoms with Crippen LogP contribution in [0.1, 0.15) is 36.8 Å². The van der Waals surface area contributed by atoms with E-state index in [4.69, 9.17) is 5.26 Å². The zero-order valence-corrected chi connectivity index (χ0v) is 11.5. The van der Waals surface area contributed by atoms with Gasteiger partial charge in [-0.1, -0.05) is 12.8 Å². The Bertz CT molecular complexity index is 537. The Morgan fingerprint density at radius 1 is 1.29 bits per heavy atom. The molecule has 2 rings (SSSR count). The van der Waals surface area contributed by atoms with Crippen molar-refractivity contribution in [2.45, 2.75) is 37.9 Å². The van der Waals surface area contributed by atoms with Gasteiger partial charge in [0.15, 0.2) is 0 Å². The summed E-state index contributed by atoms with van der Waals surface area (Å²) in [7, 11) is 0. The highest BCUT2D eigenvalue weighted by Crippen LogP contribution is 2.34. The second kappa shape index (κ2) is 6.35. The summed E-state index contributed by atoms with van der Waals surface area (Å²) in [5.74, 6) is 0.0590. The standard InChI is InChI=1S/C15H17F3N2O/c16-15(17,18)13-7-12(6-5-10(13)8-19)20-14-4-2-1-3-11(14)9-21/h5-7,11,14,20-21H,1-4,9H2. The van der Waals surface area contributed by atoms with Crippen LogP contribution in [0.2, 0.25) is 0 Å². The first kappa shape index (κ1) is 15.6. The summed E-state index contributed by atoms with van der Waals surface area (Å²) in [6.45, 7) is 0.0279. The molecule has 1 saturated carbocycles. The zero-order valence-electron chi connectivity index (χ0n) is 11.5. The lowest BCUT2D eigenvalue weighted by molar-refractivity contribution is -0.137. The van der Waals surface area contributed by atoms with Crippen molar-refractivity contribution < 1.29 is 18.3 Å². The zero-order chi connectivity index (χ0) is 15.5. The van der Waals surface area contributed by atoms with Crippen LogP contribution in [0.4, 0.5) is 18.9 Å². The predicted octanol–water partition coefficient (Wildman–Crippen LogP) is 3.54. The molecule has 2 N–H and O–H groups in total. The molecule has 1 fully saturated rings. The highest BCUT2D eigenvalue weighted by Gasteiger charge is 2.34. The minimum atomic E-state index is -4.55. The summed E-state index contributed by atoms with van der Waals surface area (Å²) in [6, 6.07) is 5.17. The van der Waals surface area contributed by atoms with Crippen molar-refractivity contribution in [2.24, 2.45) is 5.92 Å². The van der Waals surface area contributed by atoms with Gasteiger partial charge in [0.25, 0.3) is 0 Å². The molecule has 0 radical (unpaired) electrons. The topological polar surface area (TPSA) is 56.0 Å². The number of nitriles is 1. The van der Waals surface area contributed by atoms with Gasteiger partial charge in [-0.25, -0.2) is 0 Å². The maximum absolute atomic E-state index is 12.9. The SMILES string of the molecule is N#Cc1ccc(NC2CCCCC2CO)cc1C(F)(F)F. The molecule has 0 aliphatic heterocycles. The Morgan fingerprint density at radius 3 is 2.62 bits per heavy atom. The molecule has 0 heterocycles. The third-order valence-corrected chi connectivity index (χ3v) is 3.94. The molecule has 0 amide bonds. The predicted molar refractivity (Wildman–Crippen MR) is 72.6 cm³/mol. The van der Waals surface area contributed by atoms with Crippen LogP contribution in [-0.2, 0) is 6.18 Å². The second-order valence-electron chi connectivity index (χ2n) is 5.35. The molecule has 0 bridgehead atoms.